The number of likely N-dealkylation sites (tertiary alicyclic amines) is 1. The average Bonchev–Trinajstić information content (AvgIpc) is 3.30. The molecule has 0 spiro atoms. The van der Waals surface area contributed by atoms with Crippen LogP contribution in [-0.2, 0) is 12.7 Å². The molecule has 4 aromatic rings. The largest absolute Gasteiger partial charge is 0.416 e. The summed E-state index contributed by atoms with van der Waals surface area (Å²) < 4.78 is 40.7. The molecule has 0 saturated carbocycles. The summed E-state index contributed by atoms with van der Waals surface area (Å²) in [6, 6.07) is 17.7. The van der Waals surface area contributed by atoms with Crippen LogP contribution >= 0.6 is 0 Å². The molecule has 3 heterocycles. The van der Waals surface area contributed by atoms with Crippen LogP contribution in [0.5, 0.6) is 0 Å². The highest BCUT2D eigenvalue weighted by atomic mass is 19.4. The Morgan fingerprint density at radius 3 is 2.52 bits per heavy atom. The predicted octanol–water partition coefficient (Wildman–Crippen LogP) is 4.89. The van der Waals surface area contributed by atoms with Gasteiger partial charge in [0, 0.05) is 37.3 Å². The van der Waals surface area contributed by atoms with E-state index >= 15 is 0 Å². The lowest BCUT2D eigenvalue weighted by Crippen LogP contribution is -2.39. The minimum atomic E-state index is -4.32. The van der Waals surface area contributed by atoms with Crippen LogP contribution in [0.1, 0.15) is 24.0 Å². The van der Waals surface area contributed by atoms with E-state index in [1.807, 2.05) is 36.4 Å². The lowest BCUT2D eigenvalue weighted by molar-refractivity contribution is -0.137. The second-order valence-corrected chi connectivity index (χ2v) is 8.26. The standard InChI is InChI=1S/C24H23F3N6/c25-24(26,27)19-8-4-5-17(13-19)15-32-11-9-20(10-12-32)30-22-14-21(18-6-2-1-3-7-18)31-23-28-16-29-33(22)23/h1-8,13-14,16,20,30H,9-12,15H2. The minimum absolute atomic E-state index is 0.223. The first-order valence-electron chi connectivity index (χ1n) is 10.9. The maximum absolute atomic E-state index is 13.0. The van der Waals surface area contributed by atoms with Crippen molar-refractivity contribution in [3.05, 3.63) is 78.1 Å². The monoisotopic (exact) mass is 452 g/mol. The molecule has 9 heteroatoms. The maximum Gasteiger partial charge on any atom is 0.416 e. The van der Waals surface area contributed by atoms with E-state index in [4.69, 9.17) is 0 Å². The topological polar surface area (TPSA) is 58.3 Å². The van der Waals surface area contributed by atoms with Crippen molar-refractivity contribution < 1.29 is 13.2 Å². The summed E-state index contributed by atoms with van der Waals surface area (Å²) in [4.78, 5) is 11.1. The molecular formula is C24H23F3N6. The Bertz CT molecular complexity index is 1230. The number of hydrogen-bond acceptors (Lipinski definition) is 5. The molecule has 0 radical (unpaired) electrons. The Morgan fingerprint density at radius 1 is 0.970 bits per heavy atom. The molecule has 0 aliphatic carbocycles. The molecular weight excluding hydrogens is 429 g/mol. The number of aromatic nitrogens is 4. The van der Waals surface area contributed by atoms with E-state index in [9.17, 15) is 13.2 Å². The number of anilines is 1. The van der Waals surface area contributed by atoms with Crippen molar-refractivity contribution in [1.82, 2.24) is 24.5 Å². The normalized spacial score (nSPS) is 15.7. The van der Waals surface area contributed by atoms with E-state index < -0.39 is 11.7 Å². The Balaban J connectivity index is 1.26. The third-order valence-electron chi connectivity index (χ3n) is 5.92. The fraction of sp³-hybridized carbons (Fsp3) is 0.292. The van der Waals surface area contributed by atoms with Gasteiger partial charge in [0.1, 0.15) is 12.1 Å². The molecule has 2 aromatic heterocycles. The highest BCUT2D eigenvalue weighted by Gasteiger charge is 2.30. The van der Waals surface area contributed by atoms with Gasteiger partial charge in [0.05, 0.1) is 11.3 Å². The van der Waals surface area contributed by atoms with E-state index in [0.717, 1.165) is 49.1 Å². The van der Waals surface area contributed by atoms with Gasteiger partial charge in [0.15, 0.2) is 0 Å². The predicted molar refractivity (Wildman–Crippen MR) is 120 cm³/mol. The fourth-order valence-corrected chi connectivity index (χ4v) is 4.22. The summed E-state index contributed by atoms with van der Waals surface area (Å²) >= 11 is 0. The number of nitrogens with one attached hydrogen (secondary N) is 1. The van der Waals surface area contributed by atoms with Gasteiger partial charge in [0.2, 0.25) is 0 Å². The number of halogens is 3. The first-order valence-corrected chi connectivity index (χ1v) is 10.9. The van der Waals surface area contributed by atoms with Crippen molar-refractivity contribution in [1.29, 1.82) is 0 Å². The van der Waals surface area contributed by atoms with Gasteiger partial charge in [-0.15, -0.1) is 0 Å². The van der Waals surface area contributed by atoms with Crippen LogP contribution in [0.25, 0.3) is 17.0 Å². The molecule has 0 atom stereocenters. The van der Waals surface area contributed by atoms with Gasteiger partial charge < -0.3 is 5.32 Å². The number of fused-ring (bicyclic) bond motifs is 1. The Hall–Kier alpha value is -3.46. The molecule has 1 fully saturated rings. The maximum atomic E-state index is 13.0. The average molecular weight is 452 g/mol. The zero-order chi connectivity index (χ0) is 22.8. The molecule has 0 unspecified atom stereocenters. The quantitative estimate of drug-likeness (QED) is 0.467. The van der Waals surface area contributed by atoms with Crippen LogP contribution in [0, 0.1) is 0 Å². The summed E-state index contributed by atoms with van der Waals surface area (Å²) in [5, 5.41) is 7.87. The summed E-state index contributed by atoms with van der Waals surface area (Å²) in [7, 11) is 0. The lowest BCUT2D eigenvalue weighted by atomic mass is 10.0. The van der Waals surface area contributed by atoms with E-state index in [1.165, 1.54) is 18.5 Å². The van der Waals surface area contributed by atoms with Crippen LogP contribution in [0.15, 0.2) is 67.0 Å². The number of alkyl halides is 3. The van der Waals surface area contributed by atoms with Crippen molar-refractivity contribution in [3.8, 4) is 11.3 Å². The van der Waals surface area contributed by atoms with E-state index in [2.05, 4.69) is 25.3 Å². The van der Waals surface area contributed by atoms with Crippen LogP contribution in [-0.4, -0.2) is 43.6 Å². The van der Waals surface area contributed by atoms with Crippen LogP contribution < -0.4 is 5.32 Å². The zero-order valence-corrected chi connectivity index (χ0v) is 17.8. The first kappa shape index (κ1) is 21.4. The molecule has 2 aromatic carbocycles. The number of hydrogen-bond donors (Lipinski definition) is 1. The minimum Gasteiger partial charge on any atom is -0.367 e. The summed E-state index contributed by atoms with van der Waals surface area (Å²) in [5.74, 6) is 1.36. The molecule has 1 aliphatic rings. The first-order chi connectivity index (χ1) is 16.0. The molecule has 1 aliphatic heterocycles. The molecule has 170 valence electrons. The molecule has 0 amide bonds. The molecule has 0 bridgehead atoms. The third kappa shape index (κ3) is 4.83. The highest BCUT2D eigenvalue weighted by molar-refractivity contribution is 5.65. The molecule has 5 rings (SSSR count). The number of nitrogens with zero attached hydrogens (tertiary/aromatic N) is 5. The number of rotatable bonds is 5. The van der Waals surface area contributed by atoms with Gasteiger partial charge in [-0.2, -0.15) is 27.8 Å². The van der Waals surface area contributed by atoms with E-state index in [0.29, 0.717) is 17.9 Å². The molecule has 6 nitrogen and oxygen atoms in total. The smallest absolute Gasteiger partial charge is 0.367 e. The van der Waals surface area contributed by atoms with Crippen molar-refractivity contribution in [2.75, 3.05) is 18.4 Å². The second-order valence-electron chi connectivity index (χ2n) is 8.26. The van der Waals surface area contributed by atoms with Crippen LogP contribution in [0.3, 0.4) is 0 Å². The van der Waals surface area contributed by atoms with Crippen molar-refractivity contribution in [3.63, 3.8) is 0 Å². The van der Waals surface area contributed by atoms with Crippen LogP contribution in [0.2, 0.25) is 0 Å². The van der Waals surface area contributed by atoms with E-state index in [1.54, 1.807) is 10.6 Å². The number of benzene rings is 2. The van der Waals surface area contributed by atoms with Crippen molar-refractivity contribution in [2.45, 2.75) is 31.6 Å². The van der Waals surface area contributed by atoms with Gasteiger partial charge in [-0.1, -0.05) is 48.5 Å². The van der Waals surface area contributed by atoms with Gasteiger partial charge >= 0.3 is 6.18 Å². The Morgan fingerprint density at radius 2 is 1.76 bits per heavy atom. The molecule has 1 N–H and O–H groups in total. The van der Waals surface area contributed by atoms with Gasteiger partial charge in [-0.05, 0) is 24.5 Å². The second kappa shape index (κ2) is 8.82. The molecule has 33 heavy (non-hydrogen) atoms. The van der Waals surface area contributed by atoms with Gasteiger partial charge in [0.25, 0.3) is 5.78 Å². The van der Waals surface area contributed by atoms with Crippen LogP contribution in [0.4, 0.5) is 19.0 Å². The summed E-state index contributed by atoms with van der Waals surface area (Å²) in [5.41, 5.74) is 1.91. The van der Waals surface area contributed by atoms with Gasteiger partial charge in [-0.3, -0.25) is 4.90 Å². The zero-order valence-electron chi connectivity index (χ0n) is 17.8. The fourth-order valence-electron chi connectivity index (χ4n) is 4.22. The molecule has 1 saturated heterocycles. The van der Waals surface area contributed by atoms with E-state index in [-0.39, 0.29) is 6.04 Å². The highest BCUT2D eigenvalue weighted by Crippen LogP contribution is 2.30. The number of piperidine rings is 1. The lowest BCUT2D eigenvalue weighted by Gasteiger charge is -2.33. The van der Waals surface area contributed by atoms with Crippen molar-refractivity contribution >= 4 is 11.6 Å². The Kier molecular flexibility index (Phi) is 5.72. The van der Waals surface area contributed by atoms with Gasteiger partial charge in [-0.25, -0.2) is 4.98 Å². The third-order valence-corrected chi connectivity index (χ3v) is 5.92. The Labute approximate surface area is 189 Å². The summed E-state index contributed by atoms with van der Waals surface area (Å²) in [6.45, 7) is 2.10. The SMILES string of the molecule is FC(F)(F)c1cccc(CN2CCC(Nc3cc(-c4ccccc4)nc4ncnn34)CC2)c1. The van der Waals surface area contributed by atoms with Crippen molar-refractivity contribution in [2.24, 2.45) is 0 Å². The summed E-state index contributed by atoms with van der Waals surface area (Å²) in [6.07, 6.45) is -1.08.